The third-order valence-electron chi connectivity index (χ3n) is 8.39. The van der Waals surface area contributed by atoms with E-state index in [-0.39, 0.29) is 24.5 Å². The van der Waals surface area contributed by atoms with E-state index in [2.05, 4.69) is 10.6 Å². The lowest BCUT2D eigenvalue weighted by atomic mass is 9.96. The van der Waals surface area contributed by atoms with Crippen molar-refractivity contribution < 1.29 is 29.0 Å². The fourth-order valence-electron chi connectivity index (χ4n) is 5.89. The van der Waals surface area contributed by atoms with E-state index in [0.29, 0.717) is 62.6 Å². The zero-order valence-electron chi connectivity index (χ0n) is 26.1. The van der Waals surface area contributed by atoms with Crippen LogP contribution in [0.5, 0.6) is 5.75 Å². The number of urea groups is 1. The van der Waals surface area contributed by atoms with Crippen molar-refractivity contribution in [1.29, 1.82) is 0 Å². The van der Waals surface area contributed by atoms with Crippen LogP contribution in [0.4, 0.5) is 10.5 Å². The van der Waals surface area contributed by atoms with E-state index >= 15 is 0 Å². The Kier molecular flexibility index (Phi) is 12.9. The first-order chi connectivity index (χ1) is 21.4. The topological polar surface area (TPSA) is 120 Å². The average Bonchev–Trinajstić information content (AvgIpc) is 3.48. The quantitative estimate of drug-likeness (QED) is 0.260. The van der Waals surface area contributed by atoms with Crippen molar-refractivity contribution in [2.75, 3.05) is 44.9 Å². The normalized spacial score (nSPS) is 16.8. The molecule has 0 radical (unpaired) electrons. The monoisotopic (exact) mass is 608 g/mol. The van der Waals surface area contributed by atoms with Gasteiger partial charge in [0.2, 0.25) is 5.91 Å². The zero-order valence-corrected chi connectivity index (χ0v) is 26.1. The number of rotatable bonds is 15. The van der Waals surface area contributed by atoms with Crippen molar-refractivity contribution >= 4 is 23.5 Å². The molecule has 10 nitrogen and oxygen atoms in total. The molecule has 44 heavy (non-hydrogen) atoms. The summed E-state index contributed by atoms with van der Waals surface area (Å²) in [7, 11) is 1.63. The number of carbonyl (C=O) groups excluding carboxylic acids is 3. The van der Waals surface area contributed by atoms with Gasteiger partial charge >= 0.3 is 6.03 Å². The molecule has 0 aromatic heterocycles. The van der Waals surface area contributed by atoms with Crippen LogP contribution in [0.1, 0.15) is 74.2 Å². The lowest BCUT2D eigenvalue weighted by molar-refractivity contribution is -0.117. The number of likely N-dealkylation sites (N-methyl/N-ethyl adjacent to an activating group) is 1. The van der Waals surface area contributed by atoms with Crippen LogP contribution in [0.25, 0.3) is 0 Å². The van der Waals surface area contributed by atoms with Gasteiger partial charge in [-0.05, 0) is 50.3 Å². The highest BCUT2D eigenvalue weighted by atomic mass is 16.5. The van der Waals surface area contributed by atoms with Crippen LogP contribution in [-0.2, 0) is 16.0 Å². The van der Waals surface area contributed by atoms with E-state index in [9.17, 15) is 19.5 Å². The molecule has 1 saturated carbocycles. The maximum atomic E-state index is 13.8. The van der Waals surface area contributed by atoms with E-state index in [1.165, 1.54) is 6.42 Å². The number of aliphatic hydroxyl groups is 1. The Labute approximate surface area is 261 Å². The van der Waals surface area contributed by atoms with E-state index < -0.39 is 18.1 Å². The first kappa shape index (κ1) is 33.3. The third-order valence-corrected chi connectivity index (χ3v) is 8.39. The smallest absolute Gasteiger partial charge is 0.317 e. The number of methoxy groups -OCH3 is 1. The predicted octanol–water partition coefficient (Wildman–Crippen LogP) is 4.29. The summed E-state index contributed by atoms with van der Waals surface area (Å²) in [5.41, 5.74) is 1.89. The molecule has 1 heterocycles. The molecule has 0 bridgehead atoms. The first-order valence-corrected chi connectivity index (χ1v) is 16.0. The zero-order chi connectivity index (χ0) is 31.3. The third kappa shape index (κ3) is 9.69. The maximum absolute atomic E-state index is 13.8. The molecule has 10 heteroatoms. The minimum atomic E-state index is -1.02. The molecule has 1 aliphatic heterocycles. The summed E-state index contributed by atoms with van der Waals surface area (Å²) in [6.07, 6.45) is 6.61. The van der Waals surface area contributed by atoms with E-state index in [4.69, 9.17) is 9.47 Å². The van der Waals surface area contributed by atoms with Crippen LogP contribution < -0.4 is 20.3 Å². The van der Waals surface area contributed by atoms with Gasteiger partial charge in [0.15, 0.2) is 0 Å². The van der Waals surface area contributed by atoms with Gasteiger partial charge in [0.05, 0.1) is 25.3 Å². The van der Waals surface area contributed by atoms with Crippen molar-refractivity contribution in [3.8, 4) is 5.75 Å². The van der Waals surface area contributed by atoms with Crippen LogP contribution in [-0.4, -0.2) is 86.0 Å². The molecule has 4 amide bonds. The number of anilines is 1. The molecule has 3 N–H and O–H groups in total. The van der Waals surface area contributed by atoms with Gasteiger partial charge < -0.3 is 35.0 Å². The van der Waals surface area contributed by atoms with Crippen LogP contribution >= 0.6 is 0 Å². The largest absolute Gasteiger partial charge is 0.493 e. The number of amides is 4. The summed E-state index contributed by atoms with van der Waals surface area (Å²) in [5.74, 6) is 0.103. The molecule has 2 unspecified atom stereocenters. The molecular weight excluding hydrogens is 560 g/mol. The second-order valence-electron chi connectivity index (χ2n) is 11.7. The maximum Gasteiger partial charge on any atom is 0.317 e. The predicted molar refractivity (Wildman–Crippen MR) is 170 cm³/mol. The summed E-state index contributed by atoms with van der Waals surface area (Å²) >= 11 is 0. The van der Waals surface area contributed by atoms with Gasteiger partial charge in [-0.3, -0.25) is 9.59 Å². The van der Waals surface area contributed by atoms with Gasteiger partial charge in [-0.1, -0.05) is 49.6 Å². The number of hydrogen-bond donors (Lipinski definition) is 3. The summed E-state index contributed by atoms with van der Waals surface area (Å²) in [6, 6.07) is 14.1. The van der Waals surface area contributed by atoms with Crippen LogP contribution in [0, 0.1) is 0 Å². The summed E-state index contributed by atoms with van der Waals surface area (Å²) in [4.78, 5) is 42.7. The van der Waals surface area contributed by atoms with Crippen LogP contribution in [0.3, 0.4) is 0 Å². The standard InChI is InChI=1S/C34H48N4O6/c1-3-37(34(42)35-27-14-8-5-9-15-27)24-31(39)30(20-25-12-6-4-7-13-25)36-33(41)26-21-28(38-17-10-16-32(38)40)23-29(22-26)44-19-11-18-43-2/h4,6-7,12-13,21-23,27,30-31,39H,3,5,8-11,14-20,24H2,1-2H3,(H,35,42)(H,36,41). The highest BCUT2D eigenvalue weighted by Gasteiger charge is 2.28. The number of hydrogen-bond acceptors (Lipinski definition) is 6. The number of nitrogens with zero attached hydrogens (tertiary/aromatic N) is 2. The van der Waals surface area contributed by atoms with Crippen molar-refractivity contribution in [1.82, 2.24) is 15.5 Å². The summed E-state index contributed by atoms with van der Waals surface area (Å²) in [5, 5.41) is 17.6. The number of ether oxygens (including phenoxy) is 2. The van der Waals surface area contributed by atoms with Crippen molar-refractivity contribution in [2.45, 2.75) is 82.9 Å². The molecule has 240 valence electrons. The SMILES string of the molecule is CCN(CC(O)C(Cc1ccccc1)NC(=O)c1cc(OCCCOC)cc(N2CCCC2=O)c1)C(=O)NC1CCCCC1. The molecule has 2 aromatic carbocycles. The second-order valence-corrected chi connectivity index (χ2v) is 11.7. The van der Waals surface area contributed by atoms with Crippen molar-refractivity contribution in [3.63, 3.8) is 0 Å². The minimum absolute atomic E-state index is 0.0106. The number of benzene rings is 2. The molecule has 1 saturated heterocycles. The molecule has 2 aliphatic rings. The minimum Gasteiger partial charge on any atom is -0.493 e. The molecule has 4 rings (SSSR count). The van der Waals surface area contributed by atoms with Gasteiger partial charge in [0, 0.05) is 63.0 Å². The highest BCUT2D eigenvalue weighted by molar-refractivity contribution is 5.99. The van der Waals surface area contributed by atoms with Crippen molar-refractivity contribution in [3.05, 3.63) is 59.7 Å². The van der Waals surface area contributed by atoms with Crippen molar-refractivity contribution in [2.24, 2.45) is 0 Å². The molecule has 0 spiro atoms. The van der Waals surface area contributed by atoms with Gasteiger partial charge in [-0.2, -0.15) is 0 Å². The molecule has 2 aromatic rings. The Morgan fingerprint density at radius 3 is 2.52 bits per heavy atom. The van der Waals surface area contributed by atoms with Gasteiger partial charge in [0.25, 0.3) is 5.91 Å². The fourth-order valence-corrected chi connectivity index (χ4v) is 5.89. The fraction of sp³-hybridized carbons (Fsp3) is 0.559. The van der Waals surface area contributed by atoms with E-state index in [1.54, 1.807) is 35.1 Å². The number of nitrogens with one attached hydrogen (secondary N) is 2. The first-order valence-electron chi connectivity index (χ1n) is 16.0. The Morgan fingerprint density at radius 1 is 1.07 bits per heavy atom. The second kappa shape index (κ2) is 17.0. The summed E-state index contributed by atoms with van der Waals surface area (Å²) in [6.45, 7) is 3.91. The molecular formula is C34H48N4O6. The molecule has 1 aliphatic carbocycles. The van der Waals surface area contributed by atoms with Crippen LogP contribution in [0.15, 0.2) is 48.5 Å². The van der Waals surface area contributed by atoms with Gasteiger partial charge in [-0.15, -0.1) is 0 Å². The Balaban J connectivity index is 1.52. The highest BCUT2D eigenvalue weighted by Crippen LogP contribution is 2.28. The van der Waals surface area contributed by atoms with Crippen LogP contribution in [0.2, 0.25) is 0 Å². The number of aliphatic hydroxyl groups excluding tert-OH is 1. The molecule has 2 fully saturated rings. The Hall–Kier alpha value is -3.63. The van der Waals surface area contributed by atoms with E-state index in [1.807, 2.05) is 37.3 Å². The average molecular weight is 609 g/mol. The van der Waals surface area contributed by atoms with Gasteiger partial charge in [-0.25, -0.2) is 4.79 Å². The number of carbonyl (C=O) groups is 3. The Bertz CT molecular complexity index is 1220. The lowest BCUT2D eigenvalue weighted by Crippen LogP contribution is -2.53. The van der Waals surface area contributed by atoms with E-state index in [0.717, 1.165) is 37.7 Å². The molecule has 2 atom stereocenters. The Morgan fingerprint density at radius 2 is 1.84 bits per heavy atom. The van der Waals surface area contributed by atoms with Gasteiger partial charge in [0.1, 0.15) is 5.75 Å². The lowest BCUT2D eigenvalue weighted by Gasteiger charge is -2.32. The summed E-state index contributed by atoms with van der Waals surface area (Å²) < 4.78 is 11.1.